The Morgan fingerprint density at radius 3 is 1.83 bits per heavy atom. The lowest BCUT2D eigenvalue weighted by Crippen LogP contribution is -2.19. The first-order valence-electron chi connectivity index (χ1n) is 16.9. The van der Waals surface area contributed by atoms with Gasteiger partial charge in [-0.1, -0.05) is 138 Å². The molecule has 0 atom stereocenters. The minimum Gasteiger partial charge on any atom is -0.481 e. The first kappa shape index (κ1) is 37.7. The number of carboxylic acid groups (broad SMARTS) is 1. The number of carbonyl (C=O) groups is 2. The van der Waals surface area contributed by atoms with Crippen LogP contribution in [0, 0.1) is 5.41 Å². The summed E-state index contributed by atoms with van der Waals surface area (Å²) < 4.78 is 5.40. The molecular formula is C38H62O4. The van der Waals surface area contributed by atoms with Gasteiger partial charge in [-0.3, -0.25) is 9.59 Å². The molecule has 4 heteroatoms. The van der Waals surface area contributed by atoms with Crippen molar-refractivity contribution in [1.29, 1.82) is 0 Å². The number of rotatable bonds is 23. The van der Waals surface area contributed by atoms with Gasteiger partial charge >= 0.3 is 11.9 Å². The van der Waals surface area contributed by atoms with Crippen molar-refractivity contribution in [3.05, 3.63) is 58.7 Å². The molecule has 0 fully saturated rings. The lowest BCUT2D eigenvalue weighted by Gasteiger charge is -2.32. The lowest BCUT2D eigenvalue weighted by atomic mass is 9.72. The molecule has 0 spiro atoms. The smallest absolute Gasteiger partial charge is 0.306 e. The molecule has 0 amide bonds. The average Bonchev–Trinajstić information content (AvgIpc) is 2.92. The number of hydrogen-bond acceptors (Lipinski definition) is 3. The zero-order valence-electron chi connectivity index (χ0n) is 27.8. The van der Waals surface area contributed by atoms with Crippen LogP contribution in [0.4, 0.5) is 0 Å². The van der Waals surface area contributed by atoms with E-state index >= 15 is 0 Å². The fourth-order valence-corrected chi connectivity index (χ4v) is 5.71. The fourth-order valence-electron chi connectivity index (χ4n) is 5.71. The van der Waals surface area contributed by atoms with Gasteiger partial charge in [-0.2, -0.15) is 0 Å². The summed E-state index contributed by atoms with van der Waals surface area (Å²) in [6.45, 7) is 11.5. The van der Waals surface area contributed by atoms with Crippen molar-refractivity contribution in [3.8, 4) is 0 Å². The second kappa shape index (κ2) is 23.1. The van der Waals surface area contributed by atoms with Crippen LogP contribution in [0.1, 0.15) is 157 Å². The number of unbranched alkanes of at least 4 members (excludes halogenated alkanes) is 13. The molecule has 0 bridgehead atoms. The van der Waals surface area contributed by atoms with E-state index in [9.17, 15) is 9.59 Å². The topological polar surface area (TPSA) is 63.6 Å². The Balaban J connectivity index is 2.04. The number of aliphatic carboxylic acids is 1. The quantitative estimate of drug-likeness (QED) is 0.0739. The maximum Gasteiger partial charge on any atom is 0.306 e. The third kappa shape index (κ3) is 19.7. The molecule has 1 N–H and O–H groups in total. The monoisotopic (exact) mass is 582 g/mol. The molecular weight excluding hydrogens is 520 g/mol. The normalized spacial score (nSPS) is 16.1. The van der Waals surface area contributed by atoms with E-state index in [4.69, 9.17) is 9.84 Å². The molecule has 1 rings (SSSR count). The SMILES string of the molecule is CC(C=CC1=C(C)CCCC1(C)C)=CC=CC(C)=CCOC(=O)CCCCCCCCCCCCCCCCC(=O)O. The van der Waals surface area contributed by atoms with E-state index < -0.39 is 5.97 Å². The lowest BCUT2D eigenvalue weighted by molar-refractivity contribution is -0.142. The van der Waals surface area contributed by atoms with Gasteiger partial charge in [0.2, 0.25) is 0 Å². The van der Waals surface area contributed by atoms with E-state index in [0.717, 1.165) is 31.3 Å². The molecule has 238 valence electrons. The standard InChI is InChI=1S/C38H62O4/c1-32(27-28-35-34(3)24-21-30-38(35,4)5)22-20-23-33(2)29-31-42-37(41)26-19-17-15-13-11-9-7-6-8-10-12-14-16-18-25-36(39)40/h20,22-23,27-29H,6-19,21,24-26,30-31H2,1-5H3,(H,39,40). The minimum atomic E-state index is -0.676. The maximum atomic E-state index is 12.0. The van der Waals surface area contributed by atoms with Gasteiger partial charge in [0.1, 0.15) is 6.61 Å². The van der Waals surface area contributed by atoms with Gasteiger partial charge in [-0.15, -0.1) is 0 Å². The summed E-state index contributed by atoms with van der Waals surface area (Å²) in [7, 11) is 0. The Morgan fingerprint density at radius 1 is 0.786 bits per heavy atom. The molecule has 0 unspecified atom stereocenters. The van der Waals surface area contributed by atoms with E-state index in [2.05, 4.69) is 58.1 Å². The molecule has 0 heterocycles. The number of carbonyl (C=O) groups excluding carboxylic acids is 1. The van der Waals surface area contributed by atoms with E-state index in [1.807, 2.05) is 13.0 Å². The summed E-state index contributed by atoms with van der Waals surface area (Å²) >= 11 is 0. The second-order valence-corrected chi connectivity index (χ2v) is 13.0. The molecule has 42 heavy (non-hydrogen) atoms. The van der Waals surface area contributed by atoms with Crippen molar-refractivity contribution in [2.75, 3.05) is 6.61 Å². The predicted molar refractivity (Wildman–Crippen MR) is 179 cm³/mol. The van der Waals surface area contributed by atoms with Gasteiger partial charge in [0.15, 0.2) is 0 Å². The van der Waals surface area contributed by atoms with E-state index in [-0.39, 0.29) is 11.4 Å². The molecule has 1 aliphatic carbocycles. The summed E-state index contributed by atoms with van der Waals surface area (Å²) in [6.07, 6.45) is 33.9. The number of hydrogen-bond donors (Lipinski definition) is 1. The zero-order chi connectivity index (χ0) is 31.1. The first-order chi connectivity index (χ1) is 20.1. The molecule has 0 radical (unpaired) electrons. The van der Waals surface area contributed by atoms with Gasteiger partial charge in [-0.25, -0.2) is 0 Å². The first-order valence-corrected chi connectivity index (χ1v) is 16.9. The summed E-state index contributed by atoms with van der Waals surface area (Å²) in [6, 6.07) is 0. The van der Waals surface area contributed by atoms with Crippen molar-refractivity contribution in [1.82, 2.24) is 0 Å². The molecule has 0 aromatic heterocycles. The summed E-state index contributed by atoms with van der Waals surface area (Å²) in [5.41, 5.74) is 5.59. The van der Waals surface area contributed by atoms with Crippen LogP contribution in [0.25, 0.3) is 0 Å². The zero-order valence-corrected chi connectivity index (χ0v) is 27.8. The third-order valence-corrected chi connectivity index (χ3v) is 8.44. The Labute approximate surface area is 258 Å². The molecule has 0 aromatic carbocycles. The molecule has 0 aliphatic heterocycles. The number of ether oxygens (including phenoxy) is 1. The minimum absolute atomic E-state index is 0.0963. The van der Waals surface area contributed by atoms with Gasteiger partial charge in [0.25, 0.3) is 0 Å². The Bertz CT molecular complexity index is 929. The third-order valence-electron chi connectivity index (χ3n) is 8.44. The Hall–Kier alpha value is -2.36. The summed E-state index contributed by atoms with van der Waals surface area (Å²) in [5, 5.41) is 8.63. The molecule has 1 aliphatic rings. The van der Waals surface area contributed by atoms with Crippen LogP contribution in [-0.4, -0.2) is 23.7 Å². The van der Waals surface area contributed by atoms with Crippen molar-refractivity contribution in [2.45, 2.75) is 157 Å². The van der Waals surface area contributed by atoms with Crippen LogP contribution in [0.15, 0.2) is 58.7 Å². The fraction of sp³-hybridized carbons (Fsp3) is 0.684. The average molecular weight is 583 g/mol. The maximum absolute atomic E-state index is 12.0. The van der Waals surface area contributed by atoms with Crippen LogP contribution in [-0.2, 0) is 14.3 Å². The molecule has 0 saturated heterocycles. The Kier molecular flexibility index (Phi) is 20.8. The van der Waals surface area contributed by atoms with Gasteiger partial charge in [0.05, 0.1) is 0 Å². The highest BCUT2D eigenvalue weighted by Gasteiger charge is 2.26. The van der Waals surface area contributed by atoms with Gasteiger partial charge in [0, 0.05) is 12.8 Å². The highest BCUT2D eigenvalue weighted by Crippen LogP contribution is 2.40. The number of allylic oxidation sites excluding steroid dienone is 9. The second-order valence-electron chi connectivity index (χ2n) is 13.0. The van der Waals surface area contributed by atoms with Gasteiger partial charge in [-0.05, 0) is 69.9 Å². The van der Waals surface area contributed by atoms with E-state index in [0.29, 0.717) is 19.4 Å². The van der Waals surface area contributed by atoms with Crippen molar-refractivity contribution >= 4 is 11.9 Å². The van der Waals surface area contributed by atoms with Crippen LogP contribution >= 0.6 is 0 Å². The van der Waals surface area contributed by atoms with Crippen LogP contribution < -0.4 is 0 Å². The number of carboxylic acids is 1. The summed E-state index contributed by atoms with van der Waals surface area (Å²) in [4.78, 5) is 22.5. The number of esters is 1. The van der Waals surface area contributed by atoms with Crippen molar-refractivity contribution in [2.24, 2.45) is 5.41 Å². The highest BCUT2D eigenvalue weighted by atomic mass is 16.5. The van der Waals surface area contributed by atoms with Crippen molar-refractivity contribution in [3.63, 3.8) is 0 Å². The largest absolute Gasteiger partial charge is 0.481 e. The predicted octanol–water partition coefficient (Wildman–Crippen LogP) is 11.4. The molecule has 0 saturated carbocycles. The van der Waals surface area contributed by atoms with Gasteiger partial charge < -0.3 is 9.84 Å². The van der Waals surface area contributed by atoms with Crippen LogP contribution in [0.3, 0.4) is 0 Å². The summed E-state index contributed by atoms with van der Waals surface area (Å²) in [5.74, 6) is -0.772. The van der Waals surface area contributed by atoms with Crippen LogP contribution in [0.2, 0.25) is 0 Å². The van der Waals surface area contributed by atoms with E-state index in [1.54, 1.807) is 0 Å². The Morgan fingerprint density at radius 2 is 1.31 bits per heavy atom. The molecule has 0 aromatic rings. The highest BCUT2D eigenvalue weighted by molar-refractivity contribution is 5.69. The van der Waals surface area contributed by atoms with E-state index in [1.165, 1.54) is 100 Å². The molecule has 4 nitrogen and oxygen atoms in total. The van der Waals surface area contributed by atoms with Crippen LogP contribution in [0.5, 0.6) is 0 Å². The van der Waals surface area contributed by atoms with Crippen molar-refractivity contribution < 1.29 is 19.4 Å².